The second-order valence-electron chi connectivity index (χ2n) is 4.52. The van der Waals surface area contributed by atoms with Gasteiger partial charge in [0.2, 0.25) is 10.0 Å². The molecule has 1 aliphatic rings. The molecule has 0 aliphatic carbocycles. The van der Waals surface area contributed by atoms with Crippen LogP contribution < -0.4 is 5.73 Å². The number of rotatable bonds is 2. The molecule has 1 aromatic rings. The Hall–Kier alpha value is -1.13. The summed E-state index contributed by atoms with van der Waals surface area (Å²) in [5, 5.41) is 9.15. The molecule has 0 bridgehead atoms. The highest BCUT2D eigenvalue weighted by atomic mass is 35.5. The van der Waals surface area contributed by atoms with Gasteiger partial charge in [0.15, 0.2) is 0 Å². The van der Waals surface area contributed by atoms with Crippen LogP contribution in [0.15, 0.2) is 23.1 Å². The van der Waals surface area contributed by atoms with Crippen LogP contribution in [0.3, 0.4) is 0 Å². The highest BCUT2D eigenvalue weighted by Gasteiger charge is 2.29. The third-order valence-corrected chi connectivity index (χ3v) is 5.31. The molecule has 2 rings (SSSR count). The molecule has 1 unspecified atom stereocenters. The van der Waals surface area contributed by atoms with E-state index in [0.29, 0.717) is 13.1 Å². The summed E-state index contributed by atoms with van der Waals surface area (Å²) in [5.41, 5.74) is 5.96. The molecule has 7 heteroatoms. The van der Waals surface area contributed by atoms with E-state index in [2.05, 4.69) is 0 Å². The van der Waals surface area contributed by atoms with Crippen LogP contribution in [-0.4, -0.2) is 31.9 Å². The van der Waals surface area contributed by atoms with Crippen LogP contribution in [0.25, 0.3) is 0 Å². The molecular formula is C12H14ClN3O2S. The van der Waals surface area contributed by atoms with Gasteiger partial charge in [0.25, 0.3) is 0 Å². The van der Waals surface area contributed by atoms with Gasteiger partial charge >= 0.3 is 0 Å². The molecule has 0 spiro atoms. The van der Waals surface area contributed by atoms with Crippen molar-refractivity contribution in [1.29, 1.82) is 5.26 Å². The summed E-state index contributed by atoms with van der Waals surface area (Å²) in [6.45, 7) is 0.771. The summed E-state index contributed by atoms with van der Waals surface area (Å²) in [6.07, 6.45) is 1.58. The van der Waals surface area contributed by atoms with Crippen molar-refractivity contribution in [1.82, 2.24) is 4.31 Å². The van der Waals surface area contributed by atoms with Gasteiger partial charge in [-0.05, 0) is 31.0 Å². The van der Waals surface area contributed by atoms with Crippen LogP contribution >= 0.6 is 11.6 Å². The molecule has 1 heterocycles. The van der Waals surface area contributed by atoms with Gasteiger partial charge in [-0.1, -0.05) is 11.6 Å². The second kappa shape index (κ2) is 5.47. The quantitative estimate of drug-likeness (QED) is 0.892. The van der Waals surface area contributed by atoms with E-state index in [0.717, 1.165) is 12.8 Å². The summed E-state index contributed by atoms with van der Waals surface area (Å²) >= 11 is 5.80. The van der Waals surface area contributed by atoms with Crippen LogP contribution in [0, 0.1) is 11.3 Å². The zero-order valence-corrected chi connectivity index (χ0v) is 11.8. The number of piperidine rings is 1. The largest absolute Gasteiger partial charge is 0.327 e. The van der Waals surface area contributed by atoms with Crippen molar-refractivity contribution in [2.75, 3.05) is 13.1 Å². The first-order chi connectivity index (χ1) is 8.95. The third-order valence-electron chi connectivity index (χ3n) is 3.12. The van der Waals surface area contributed by atoms with Gasteiger partial charge in [0.1, 0.15) is 6.07 Å². The summed E-state index contributed by atoms with van der Waals surface area (Å²) in [5.74, 6) is 0. The Morgan fingerprint density at radius 3 is 2.84 bits per heavy atom. The van der Waals surface area contributed by atoms with Crippen molar-refractivity contribution in [2.24, 2.45) is 5.73 Å². The van der Waals surface area contributed by atoms with E-state index in [1.54, 1.807) is 0 Å². The van der Waals surface area contributed by atoms with E-state index in [4.69, 9.17) is 22.6 Å². The average molecular weight is 300 g/mol. The van der Waals surface area contributed by atoms with E-state index in [-0.39, 0.29) is 21.5 Å². The van der Waals surface area contributed by atoms with Gasteiger partial charge in [0, 0.05) is 19.1 Å². The van der Waals surface area contributed by atoms with Gasteiger partial charge in [-0.3, -0.25) is 0 Å². The lowest BCUT2D eigenvalue weighted by Crippen LogP contribution is -2.45. The molecule has 1 atom stereocenters. The first kappa shape index (κ1) is 14.3. The SMILES string of the molecule is N#Cc1cc(S(=O)(=O)N2CCCC(N)C2)ccc1Cl. The van der Waals surface area contributed by atoms with Crippen molar-refractivity contribution in [3.05, 3.63) is 28.8 Å². The maximum Gasteiger partial charge on any atom is 0.243 e. The van der Waals surface area contributed by atoms with Crippen LogP contribution in [0.4, 0.5) is 0 Å². The monoisotopic (exact) mass is 299 g/mol. The highest BCUT2D eigenvalue weighted by Crippen LogP contribution is 2.24. The van der Waals surface area contributed by atoms with Gasteiger partial charge < -0.3 is 5.73 Å². The molecule has 0 saturated carbocycles. The Labute approximate surface area is 117 Å². The number of benzene rings is 1. The number of hydrogen-bond donors (Lipinski definition) is 1. The fraction of sp³-hybridized carbons (Fsp3) is 0.417. The van der Waals surface area contributed by atoms with Crippen molar-refractivity contribution in [3.8, 4) is 6.07 Å². The topological polar surface area (TPSA) is 87.2 Å². The van der Waals surface area contributed by atoms with Gasteiger partial charge in [-0.2, -0.15) is 9.57 Å². The standard InChI is InChI=1S/C12H14ClN3O2S/c13-12-4-3-11(6-9(12)7-14)19(17,18)16-5-1-2-10(15)8-16/h3-4,6,10H,1-2,5,8,15H2. The molecule has 102 valence electrons. The fourth-order valence-electron chi connectivity index (χ4n) is 2.09. The summed E-state index contributed by atoms with van der Waals surface area (Å²) in [4.78, 5) is 0.0857. The molecule has 2 N–H and O–H groups in total. The maximum atomic E-state index is 12.4. The minimum atomic E-state index is -3.60. The predicted molar refractivity (Wildman–Crippen MR) is 72.1 cm³/mol. The summed E-state index contributed by atoms with van der Waals surface area (Å²) < 4.78 is 26.2. The third kappa shape index (κ3) is 2.90. The maximum absolute atomic E-state index is 12.4. The predicted octanol–water partition coefficient (Wildman–Crippen LogP) is 1.32. The van der Waals surface area contributed by atoms with Crippen LogP contribution in [0.1, 0.15) is 18.4 Å². The average Bonchev–Trinajstić information content (AvgIpc) is 2.39. The van der Waals surface area contributed by atoms with Gasteiger partial charge in [0.05, 0.1) is 15.5 Å². The molecule has 19 heavy (non-hydrogen) atoms. The smallest absolute Gasteiger partial charge is 0.243 e. The zero-order valence-electron chi connectivity index (χ0n) is 10.2. The van der Waals surface area contributed by atoms with Crippen molar-refractivity contribution >= 4 is 21.6 Å². The van der Waals surface area contributed by atoms with Crippen LogP contribution in [-0.2, 0) is 10.0 Å². The lowest BCUT2D eigenvalue weighted by molar-refractivity contribution is 0.316. The van der Waals surface area contributed by atoms with E-state index in [1.807, 2.05) is 6.07 Å². The number of halogens is 1. The van der Waals surface area contributed by atoms with E-state index < -0.39 is 10.0 Å². The number of sulfonamides is 1. The molecule has 5 nitrogen and oxygen atoms in total. The minimum absolute atomic E-state index is 0.0857. The first-order valence-corrected chi connectivity index (χ1v) is 7.72. The summed E-state index contributed by atoms with van der Waals surface area (Å²) in [7, 11) is -3.60. The highest BCUT2D eigenvalue weighted by molar-refractivity contribution is 7.89. The van der Waals surface area contributed by atoms with Crippen molar-refractivity contribution in [3.63, 3.8) is 0 Å². The van der Waals surface area contributed by atoms with Crippen molar-refractivity contribution < 1.29 is 8.42 Å². The molecule has 1 fully saturated rings. The molecule has 1 aromatic carbocycles. The Morgan fingerprint density at radius 1 is 1.47 bits per heavy atom. The van der Waals surface area contributed by atoms with Gasteiger partial charge in [-0.25, -0.2) is 8.42 Å². The van der Waals surface area contributed by atoms with Crippen LogP contribution in [0.5, 0.6) is 0 Å². The minimum Gasteiger partial charge on any atom is -0.327 e. The number of nitriles is 1. The number of nitrogens with two attached hydrogens (primary N) is 1. The van der Waals surface area contributed by atoms with E-state index in [9.17, 15) is 8.42 Å². The van der Waals surface area contributed by atoms with Gasteiger partial charge in [-0.15, -0.1) is 0 Å². The first-order valence-electron chi connectivity index (χ1n) is 5.90. The second-order valence-corrected chi connectivity index (χ2v) is 6.86. The Kier molecular flexibility index (Phi) is 4.11. The molecular weight excluding hydrogens is 286 g/mol. The lowest BCUT2D eigenvalue weighted by atomic mass is 10.1. The molecule has 0 aromatic heterocycles. The Balaban J connectivity index is 2.37. The fourth-order valence-corrected chi connectivity index (χ4v) is 3.81. The normalized spacial score (nSPS) is 21.0. The lowest BCUT2D eigenvalue weighted by Gasteiger charge is -2.29. The zero-order chi connectivity index (χ0) is 14.0. The Morgan fingerprint density at radius 2 is 2.21 bits per heavy atom. The Bertz CT molecular complexity index is 624. The molecule has 1 saturated heterocycles. The number of nitrogens with zero attached hydrogens (tertiary/aromatic N) is 2. The van der Waals surface area contributed by atoms with Crippen molar-refractivity contribution in [2.45, 2.75) is 23.8 Å². The molecule has 0 radical (unpaired) electrons. The number of hydrogen-bond acceptors (Lipinski definition) is 4. The summed E-state index contributed by atoms with van der Waals surface area (Å²) in [6, 6.07) is 5.89. The molecule has 0 amide bonds. The van der Waals surface area contributed by atoms with E-state index in [1.165, 1.54) is 22.5 Å². The van der Waals surface area contributed by atoms with Crippen LogP contribution in [0.2, 0.25) is 5.02 Å². The van der Waals surface area contributed by atoms with E-state index >= 15 is 0 Å². The molecule has 1 aliphatic heterocycles.